The Bertz CT molecular complexity index is 357. The molecule has 0 saturated heterocycles. The van der Waals surface area contributed by atoms with Gasteiger partial charge in [0.05, 0.1) is 0 Å². The second-order valence-corrected chi connectivity index (χ2v) is 3.92. The van der Waals surface area contributed by atoms with E-state index in [1.54, 1.807) is 12.1 Å². The molecule has 1 rings (SSSR count). The molecule has 1 aromatic rings. The van der Waals surface area contributed by atoms with Gasteiger partial charge >= 0.3 is 0 Å². The number of nitrogens with two attached hydrogens (primary N) is 1. The fourth-order valence-electron chi connectivity index (χ4n) is 1.66. The predicted molar refractivity (Wildman–Crippen MR) is 57.5 cm³/mol. The van der Waals surface area contributed by atoms with Gasteiger partial charge in [0.1, 0.15) is 0 Å². The molecule has 0 saturated carbocycles. The van der Waals surface area contributed by atoms with E-state index in [0.717, 1.165) is 0 Å². The molecule has 0 amide bonds. The van der Waals surface area contributed by atoms with E-state index in [4.69, 9.17) is 5.73 Å². The molecule has 0 aliphatic heterocycles. The zero-order chi connectivity index (χ0) is 11.6. The first kappa shape index (κ1) is 12.1. The van der Waals surface area contributed by atoms with E-state index < -0.39 is 17.2 Å². The van der Waals surface area contributed by atoms with Gasteiger partial charge < -0.3 is 5.73 Å². The first-order valence-electron chi connectivity index (χ1n) is 5.20. The molecule has 0 unspecified atom stereocenters. The van der Waals surface area contributed by atoms with E-state index in [0.29, 0.717) is 18.4 Å². The van der Waals surface area contributed by atoms with E-state index in [-0.39, 0.29) is 5.56 Å². The summed E-state index contributed by atoms with van der Waals surface area (Å²) in [7, 11) is 0. The third-order valence-corrected chi connectivity index (χ3v) is 3.07. The van der Waals surface area contributed by atoms with Crippen LogP contribution in [0.3, 0.4) is 0 Å². The van der Waals surface area contributed by atoms with Crippen LogP contribution in [0.15, 0.2) is 12.1 Å². The van der Waals surface area contributed by atoms with E-state index in [1.807, 2.05) is 13.8 Å². The fourth-order valence-corrected chi connectivity index (χ4v) is 1.66. The minimum Gasteiger partial charge on any atom is -0.321 e. The van der Waals surface area contributed by atoms with Gasteiger partial charge in [-0.2, -0.15) is 0 Å². The normalized spacial score (nSPS) is 11.9. The molecule has 0 atom stereocenters. The lowest BCUT2D eigenvalue weighted by Crippen LogP contribution is -2.36. The molecule has 0 aliphatic carbocycles. The predicted octanol–water partition coefficient (Wildman–Crippen LogP) is 3.25. The minimum atomic E-state index is -0.804. The Morgan fingerprint density at radius 3 is 2.13 bits per heavy atom. The molecule has 2 N–H and O–H groups in total. The van der Waals surface area contributed by atoms with Crippen molar-refractivity contribution in [1.82, 2.24) is 0 Å². The minimum absolute atomic E-state index is 0.274. The number of rotatable bonds is 3. The van der Waals surface area contributed by atoms with Crippen molar-refractivity contribution in [2.75, 3.05) is 0 Å². The highest BCUT2D eigenvalue weighted by molar-refractivity contribution is 5.30. The molecule has 0 spiro atoms. The maximum atomic E-state index is 13.7. The highest BCUT2D eigenvalue weighted by Crippen LogP contribution is 2.29. The molecule has 1 nitrogen and oxygen atoms in total. The summed E-state index contributed by atoms with van der Waals surface area (Å²) < 4.78 is 27.0. The van der Waals surface area contributed by atoms with Crippen molar-refractivity contribution in [3.63, 3.8) is 0 Å². The Hall–Kier alpha value is -0.960. The molecule has 15 heavy (non-hydrogen) atoms. The largest absolute Gasteiger partial charge is 0.321 e. The number of halogens is 2. The van der Waals surface area contributed by atoms with Gasteiger partial charge in [0.25, 0.3) is 0 Å². The van der Waals surface area contributed by atoms with Crippen molar-refractivity contribution < 1.29 is 8.78 Å². The van der Waals surface area contributed by atoms with Crippen LogP contribution in [-0.4, -0.2) is 0 Å². The molecule has 0 aromatic heterocycles. The summed E-state index contributed by atoms with van der Waals surface area (Å²) in [5.74, 6) is -1.59. The van der Waals surface area contributed by atoms with Crippen LogP contribution in [0.4, 0.5) is 8.78 Å². The van der Waals surface area contributed by atoms with Crippen LogP contribution >= 0.6 is 0 Å². The third kappa shape index (κ3) is 2.02. The van der Waals surface area contributed by atoms with Gasteiger partial charge in [-0.25, -0.2) is 8.78 Å². The van der Waals surface area contributed by atoms with Gasteiger partial charge in [-0.05, 0) is 25.3 Å². The fraction of sp³-hybridized carbons (Fsp3) is 0.500. The van der Waals surface area contributed by atoms with Crippen LogP contribution in [0.2, 0.25) is 0 Å². The molecule has 84 valence electrons. The topological polar surface area (TPSA) is 26.0 Å². The van der Waals surface area contributed by atoms with Crippen molar-refractivity contribution >= 4 is 0 Å². The highest BCUT2D eigenvalue weighted by Gasteiger charge is 2.28. The first-order chi connectivity index (χ1) is 6.96. The number of benzene rings is 1. The second-order valence-electron chi connectivity index (χ2n) is 3.92. The number of hydrogen-bond donors (Lipinski definition) is 1. The summed E-state index contributed by atoms with van der Waals surface area (Å²) in [4.78, 5) is 0. The molecular weight excluding hydrogens is 196 g/mol. The zero-order valence-electron chi connectivity index (χ0n) is 9.40. The smallest absolute Gasteiger partial charge is 0.164 e. The number of aryl methyl sites for hydroxylation is 1. The van der Waals surface area contributed by atoms with Gasteiger partial charge in [-0.3, -0.25) is 0 Å². The summed E-state index contributed by atoms with van der Waals surface area (Å²) in [6.07, 6.45) is 1.17. The summed E-state index contributed by atoms with van der Waals surface area (Å²) in [5, 5.41) is 0. The molecule has 0 fully saturated rings. The SMILES string of the molecule is CCC(N)(CC)c1ccc(C)c(F)c1F. The Morgan fingerprint density at radius 2 is 1.67 bits per heavy atom. The van der Waals surface area contributed by atoms with Crippen LogP contribution in [0.25, 0.3) is 0 Å². The van der Waals surface area contributed by atoms with E-state index in [9.17, 15) is 8.78 Å². The number of hydrogen-bond acceptors (Lipinski definition) is 1. The van der Waals surface area contributed by atoms with Gasteiger partial charge in [0.15, 0.2) is 11.6 Å². The average Bonchev–Trinajstić information content (AvgIpc) is 2.25. The van der Waals surface area contributed by atoms with Crippen LogP contribution in [0, 0.1) is 18.6 Å². The van der Waals surface area contributed by atoms with Crippen molar-refractivity contribution in [3.05, 3.63) is 34.9 Å². The maximum absolute atomic E-state index is 13.7. The lowest BCUT2D eigenvalue weighted by molar-refractivity contribution is 0.379. The summed E-state index contributed by atoms with van der Waals surface area (Å²) in [6.45, 7) is 5.29. The molecule has 0 aliphatic rings. The summed E-state index contributed by atoms with van der Waals surface area (Å²) in [5.41, 5.74) is 5.85. The van der Waals surface area contributed by atoms with Crippen LogP contribution in [0.1, 0.15) is 37.8 Å². The highest BCUT2D eigenvalue weighted by atomic mass is 19.2. The monoisotopic (exact) mass is 213 g/mol. The Balaban J connectivity index is 3.32. The van der Waals surface area contributed by atoms with Gasteiger partial charge in [0.2, 0.25) is 0 Å². The summed E-state index contributed by atoms with van der Waals surface area (Å²) in [6, 6.07) is 3.15. The lowest BCUT2D eigenvalue weighted by atomic mass is 9.85. The molecule has 1 aromatic carbocycles. The Morgan fingerprint density at radius 1 is 1.13 bits per heavy atom. The maximum Gasteiger partial charge on any atom is 0.164 e. The van der Waals surface area contributed by atoms with Crippen LogP contribution in [-0.2, 0) is 5.54 Å². The van der Waals surface area contributed by atoms with Gasteiger partial charge in [-0.1, -0.05) is 26.0 Å². The van der Waals surface area contributed by atoms with Crippen LogP contribution in [0.5, 0.6) is 0 Å². The second kappa shape index (κ2) is 4.27. The van der Waals surface area contributed by atoms with Crippen molar-refractivity contribution in [2.24, 2.45) is 5.73 Å². The quantitative estimate of drug-likeness (QED) is 0.819. The van der Waals surface area contributed by atoms with E-state index in [1.165, 1.54) is 6.92 Å². The van der Waals surface area contributed by atoms with E-state index in [2.05, 4.69) is 0 Å². The Kier molecular flexibility index (Phi) is 3.45. The lowest BCUT2D eigenvalue weighted by Gasteiger charge is -2.28. The Labute approximate surface area is 89.3 Å². The standard InChI is InChI=1S/C12H17F2N/c1-4-12(15,5-2)9-7-6-8(3)10(13)11(9)14/h6-7H,4-5,15H2,1-3H3. The van der Waals surface area contributed by atoms with Crippen molar-refractivity contribution in [3.8, 4) is 0 Å². The summed E-state index contributed by atoms with van der Waals surface area (Å²) >= 11 is 0. The zero-order valence-corrected chi connectivity index (χ0v) is 9.40. The van der Waals surface area contributed by atoms with Crippen molar-refractivity contribution in [1.29, 1.82) is 0 Å². The van der Waals surface area contributed by atoms with Gasteiger partial charge in [0, 0.05) is 11.1 Å². The third-order valence-electron chi connectivity index (χ3n) is 3.07. The molecule has 0 bridgehead atoms. The molecular formula is C12H17F2N. The van der Waals surface area contributed by atoms with Crippen LogP contribution < -0.4 is 5.73 Å². The average molecular weight is 213 g/mol. The molecule has 0 radical (unpaired) electrons. The van der Waals surface area contributed by atoms with Crippen molar-refractivity contribution in [2.45, 2.75) is 39.2 Å². The first-order valence-corrected chi connectivity index (χ1v) is 5.20. The van der Waals surface area contributed by atoms with Gasteiger partial charge in [-0.15, -0.1) is 0 Å². The molecule has 3 heteroatoms. The van der Waals surface area contributed by atoms with E-state index >= 15 is 0 Å². The molecule has 0 heterocycles.